The molecular weight excluding hydrogens is 381 g/mol. The van der Waals surface area contributed by atoms with Crippen LogP contribution in [-0.4, -0.2) is 36.7 Å². The molecule has 0 radical (unpaired) electrons. The van der Waals surface area contributed by atoms with E-state index in [0.29, 0.717) is 12.8 Å². The Kier molecular flexibility index (Phi) is 5.55. The Balaban J connectivity index is 1.62. The van der Waals surface area contributed by atoms with Crippen LogP contribution in [-0.2, 0) is 14.8 Å². The molecule has 0 atom stereocenters. The van der Waals surface area contributed by atoms with Crippen molar-refractivity contribution >= 4 is 33.2 Å². The van der Waals surface area contributed by atoms with Gasteiger partial charge >= 0.3 is 0 Å². The van der Waals surface area contributed by atoms with E-state index in [-0.39, 0.29) is 40.5 Å². The molecule has 3 rings (SSSR count). The summed E-state index contributed by atoms with van der Waals surface area (Å²) in [5.41, 5.74) is 0.283. The lowest BCUT2D eigenvalue weighted by molar-refractivity contribution is -0.120. The third kappa shape index (κ3) is 4.20. The minimum atomic E-state index is -3.61. The Morgan fingerprint density at radius 3 is 2.62 bits per heavy atom. The van der Waals surface area contributed by atoms with Gasteiger partial charge in [-0.1, -0.05) is 11.6 Å². The number of piperidine rings is 1. The van der Waals surface area contributed by atoms with Gasteiger partial charge in [0.25, 0.3) is 0 Å². The molecule has 26 heavy (non-hydrogen) atoms. The molecule has 0 unspecified atom stereocenters. The van der Waals surface area contributed by atoms with Crippen LogP contribution in [0.3, 0.4) is 0 Å². The highest BCUT2D eigenvalue weighted by molar-refractivity contribution is 7.89. The largest absolute Gasteiger partial charge is 0.326 e. The van der Waals surface area contributed by atoms with Gasteiger partial charge in [0.15, 0.2) is 0 Å². The molecule has 1 N–H and O–H groups in total. The van der Waals surface area contributed by atoms with Gasteiger partial charge in [0.1, 0.15) is 10.7 Å². The van der Waals surface area contributed by atoms with Gasteiger partial charge in [0.2, 0.25) is 15.9 Å². The normalized spacial score (nSPS) is 16.4. The lowest BCUT2D eigenvalue weighted by Gasteiger charge is -2.30. The molecular formula is C17H17ClFN3O3S. The van der Waals surface area contributed by atoms with Crippen LogP contribution in [0.2, 0.25) is 5.02 Å². The molecule has 1 fully saturated rings. The molecule has 138 valence electrons. The maximum absolute atomic E-state index is 13.4. The summed E-state index contributed by atoms with van der Waals surface area (Å²) in [5, 5.41) is 2.83. The molecule has 1 aliphatic heterocycles. The van der Waals surface area contributed by atoms with Gasteiger partial charge in [-0.2, -0.15) is 4.31 Å². The Bertz CT molecular complexity index is 880. The van der Waals surface area contributed by atoms with Gasteiger partial charge in [-0.15, -0.1) is 0 Å². The molecule has 1 aliphatic rings. The maximum Gasteiger partial charge on any atom is 0.244 e. The van der Waals surface area contributed by atoms with Crippen LogP contribution >= 0.6 is 11.6 Å². The summed E-state index contributed by atoms with van der Waals surface area (Å²) in [6.07, 6.45) is 3.58. The number of nitrogens with zero attached hydrogens (tertiary/aromatic N) is 2. The zero-order valence-electron chi connectivity index (χ0n) is 13.7. The highest BCUT2D eigenvalue weighted by Gasteiger charge is 2.32. The number of sulfonamides is 1. The molecule has 1 saturated heterocycles. The molecule has 2 heterocycles. The van der Waals surface area contributed by atoms with Crippen LogP contribution in [0.5, 0.6) is 0 Å². The first kappa shape index (κ1) is 18.8. The lowest BCUT2D eigenvalue weighted by atomic mass is 9.97. The minimum absolute atomic E-state index is 0.136. The number of amides is 1. The number of nitrogens with one attached hydrogen (secondary N) is 1. The van der Waals surface area contributed by atoms with E-state index in [4.69, 9.17) is 11.6 Å². The second kappa shape index (κ2) is 7.69. The van der Waals surface area contributed by atoms with Crippen molar-refractivity contribution in [1.29, 1.82) is 0 Å². The number of carbonyl (C=O) groups excluding carboxylic acids is 1. The molecule has 2 aromatic rings. The van der Waals surface area contributed by atoms with Crippen molar-refractivity contribution in [3.05, 3.63) is 53.6 Å². The van der Waals surface area contributed by atoms with Crippen molar-refractivity contribution in [1.82, 2.24) is 9.29 Å². The van der Waals surface area contributed by atoms with E-state index < -0.39 is 15.8 Å². The molecule has 1 aromatic carbocycles. The maximum atomic E-state index is 13.4. The quantitative estimate of drug-likeness (QED) is 0.860. The van der Waals surface area contributed by atoms with Crippen LogP contribution in [0.1, 0.15) is 12.8 Å². The summed E-state index contributed by atoms with van der Waals surface area (Å²) < 4.78 is 39.8. The van der Waals surface area contributed by atoms with Gasteiger partial charge in [0.05, 0.1) is 0 Å². The van der Waals surface area contributed by atoms with Crippen LogP contribution in [0.25, 0.3) is 0 Å². The summed E-state index contributed by atoms with van der Waals surface area (Å²) in [6.45, 7) is 0.471. The molecule has 0 bridgehead atoms. The first-order valence-electron chi connectivity index (χ1n) is 8.03. The fourth-order valence-corrected chi connectivity index (χ4v) is 4.53. The van der Waals surface area contributed by atoms with E-state index in [9.17, 15) is 17.6 Å². The number of aromatic nitrogens is 1. The highest BCUT2D eigenvalue weighted by atomic mass is 35.5. The summed E-state index contributed by atoms with van der Waals surface area (Å²) >= 11 is 5.78. The fourth-order valence-electron chi connectivity index (χ4n) is 2.88. The number of pyridine rings is 1. The molecule has 9 heteroatoms. The summed E-state index contributed by atoms with van der Waals surface area (Å²) in [5.74, 6) is -1.16. The zero-order valence-corrected chi connectivity index (χ0v) is 15.3. The SMILES string of the molecule is O=C(Nc1cc(F)cc(Cl)c1)C1CCN(S(=O)(=O)c2cccnc2)CC1. The van der Waals surface area contributed by atoms with Gasteiger partial charge < -0.3 is 5.32 Å². The summed E-state index contributed by atoms with van der Waals surface area (Å²) in [6, 6.07) is 6.86. The first-order valence-corrected chi connectivity index (χ1v) is 9.85. The second-order valence-corrected chi connectivity index (χ2v) is 8.39. The molecule has 0 saturated carbocycles. The summed E-state index contributed by atoms with van der Waals surface area (Å²) in [7, 11) is -3.61. The first-order chi connectivity index (χ1) is 12.4. The van der Waals surface area contributed by atoms with E-state index in [1.165, 1.54) is 34.9 Å². The van der Waals surface area contributed by atoms with Crippen LogP contribution < -0.4 is 5.32 Å². The van der Waals surface area contributed by atoms with Crippen molar-refractivity contribution < 1.29 is 17.6 Å². The number of benzene rings is 1. The third-order valence-electron chi connectivity index (χ3n) is 4.23. The average Bonchev–Trinajstić information content (AvgIpc) is 2.61. The second-order valence-electron chi connectivity index (χ2n) is 6.01. The van der Waals surface area contributed by atoms with Crippen LogP contribution in [0, 0.1) is 11.7 Å². The molecule has 6 nitrogen and oxygen atoms in total. The molecule has 0 spiro atoms. The number of halogens is 2. The van der Waals surface area contributed by atoms with Crippen molar-refractivity contribution in [3.63, 3.8) is 0 Å². The molecule has 1 aromatic heterocycles. The Morgan fingerprint density at radius 2 is 2.00 bits per heavy atom. The van der Waals surface area contributed by atoms with Gasteiger partial charge in [-0.3, -0.25) is 9.78 Å². The van der Waals surface area contributed by atoms with E-state index in [1.54, 1.807) is 6.07 Å². The van der Waals surface area contributed by atoms with Crippen molar-refractivity contribution in [3.8, 4) is 0 Å². The number of hydrogen-bond acceptors (Lipinski definition) is 4. The third-order valence-corrected chi connectivity index (χ3v) is 6.33. The van der Waals surface area contributed by atoms with E-state index in [1.807, 2.05) is 0 Å². The summed E-state index contributed by atoms with van der Waals surface area (Å²) in [4.78, 5) is 16.3. The Hall–Kier alpha value is -2.03. The Morgan fingerprint density at radius 1 is 1.27 bits per heavy atom. The lowest BCUT2D eigenvalue weighted by Crippen LogP contribution is -2.41. The van der Waals surface area contributed by atoms with Crippen LogP contribution in [0.15, 0.2) is 47.6 Å². The number of hydrogen-bond donors (Lipinski definition) is 1. The van der Waals surface area contributed by atoms with Crippen molar-refractivity contribution in [2.45, 2.75) is 17.7 Å². The highest BCUT2D eigenvalue weighted by Crippen LogP contribution is 2.25. The fraction of sp³-hybridized carbons (Fsp3) is 0.294. The van der Waals surface area contributed by atoms with Crippen molar-refractivity contribution in [2.75, 3.05) is 18.4 Å². The van der Waals surface area contributed by atoms with E-state index >= 15 is 0 Å². The number of rotatable bonds is 4. The monoisotopic (exact) mass is 397 g/mol. The molecule has 1 amide bonds. The standard InChI is InChI=1S/C17H17ClFN3O3S/c18-13-8-14(19)10-15(9-13)21-17(23)12-3-6-22(7-4-12)26(24,25)16-2-1-5-20-11-16/h1-2,5,8-12H,3-4,6-7H2,(H,21,23). The van der Waals surface area contributed by atoms with E-state index in [2.05, 4.69) is 10.3 Å². The van der Waals surface area contributed by atoms with Crippen LogP contribution in [0.4, 0.5) is 10.1 Å². The Labute approximate surface area is 156 Å². The van der Waals surface area contributed by atoms with Gasteiger partial charge in [-0.05, 0) is 43.2 Å². The predicted molar refractivity (Wildman–Crippen MR) is 95.8 cm³/mol. The average molecular weight is 398 g/mol. The minimum Gasteiger partial charge on any atom is -0.326 e. The van der Waals surface area contributed by atoms with Crippen molar-refractivity contribution in [2.24, 2.45) is 5.92 Å². The predicted octanol–water partition coefficient (Wildman–Crippen LogP) is 2.91. The topological polar surface area (TPSA) is 79.4 Å². The zero-order chi connectivity index (χ0) is 18.7. The van der Waals surface area contributed by atoms with Gasteiger partial charge in [0, 0.05) is 42.1 Å². The van der Waals surface area contributed by atoms with Gasteiger partial charge in [-0.25, -0.2) is 12.8 Å². The number of carbonyl (C=O) groups is 1. The van der Waals surface area contributed by atoms with E-state index in [0.717, 1.165) is 6.07 Å². The smallest absolute Gasteiger partial charge is 0.244 e. The molecule has 0 aliphatic carbocycles. The number of anilines is 1.